The standard InChI is InChI=1S/C24H27FN2O6S/c1-15-13-21(32-2)23(19-7-10-26-22(15)19)34(30,31)27-11-8-18(33-12-9-25)14-20(27)16-3-5-17(6-4-16)24(28)29/h3-7,10,13,18,20,26H,8-9,11-12,14H2,1-2H3,(H,28,29)/t18-,20+/m1/s1. The highest BCUT2D eigenvalue weighted by molar-refractivity contribution is 7.89. The van der Waals surface area contributed by atoms with Gasteiger partial charge in [0.05, 0.1) is 31.4 Å². The Morgan fingerprint density at radius 3 is 2.65 bits per heavy atom. The summed E-state index contributed by atoms with van der Waals surface area (Å²) >= 11 is 0. The van der Waals surface area contributed by atoms with E-state index in [9.17, 15) is 22.7 Å². The molecular formula is C24H27FN2O6S. The normalized spacial score (nSPS) is 19.4. The Morgan fingerprint density at radius 2 is 2.00 bits per heavy atom. The van der Waals surface area contributed by atoms with Crippen molar-refractivity contribution >= 4 is 26.9 Å². The molecule has 0 radical (unpaired) electrons. The third kappa shape index (κ3) is 4.40. The molecule has 1 saturated heterocycles. The van der Waals surface area contributed by atoms with Gasteiger partial charge in [-0.05, 0) is 55.2 Å². The Balaban J connectivity index is 1.80. The fourth-order valence-electron chi connectivity index (χ4n) is 4.60. The number of hydrogen-bond acceptors (Lipinski definition) is 5. The van der Waals surface area contributed by atoms with Crippen LogP contribution in [-0.4, -0.2) is 61.8 Å². The van der Waals surface area contributed by atoms with Crippen molar-refractivity contribution in [3.63, 3.8) is 0 Å². The highest BCUT2D eigenvalue weighted by Crippen LogP contribution is 2.42. The number of methoxy groups -OCH3 is 1. The first-order valence-electron chi connectivity index (χ1n) is 10.9. The molecule has 3 aromatic rings. The summed E-state index contributed by atoms with van der Waals surface area (Å²) < 4.78 is 53.4. The van der Waals surface area contributed by atoms with Crippen LogP contribution in [-0.2, 0) is 14.8 Å². The van der Waals surface area contributed by atoms with E-state index in [1.807, 2.05) is 6.92 Å². The maximum Gasteiger partial charge on any atom is 0.335 e. The molecular weight excluding hydrogens is 463 g/mol. The van der Waals surface area contributed by atoms with E-state index in [2.05, 4.69) is 4.98 Å². The predicted molar refractivity (Wildman–Crippen MR) is 125 cm³/mol. The van der Waals surface area contributed by atoms with Crippen molar-refractivity contribution in [2.24, 2.45) is 0 Å². The van der Waals surface area contributed by atoms with Crippen LogP contribution in [0.5, 0.6) is 5.75 Å². The lowest BCUT2D eigenvalue weighted by atomic mass is 9.94. The molecule has 0 bridgehead atoms. The molecule has 10 heteroatoms. The number of aromatic nitrogens is 1. The van der Waals surface area contributed by atoms with Gasteiger partial charge in [-0.3, -0.25) is 0 Å². The number of ether oxygens (including phenoxy) is 2. The Labute approximate surface area is 197 Å². The van der Waals surface area contributed by atoms with Crippen molar-refractivity contribution < 1.29 is 32.2 Å². The number of sulfonamides is 1. The third-order valence-electron chi connectivity index (χ3n) is 6.22. The molecule has 1 fully saturated rings. The number of carbonyl (C=O) groups is 1. The number of piperidine rings is 1. The number of aromatic carboxylic acids is 1. The zero-order chi connectivity index (χ0) is 24.5. The minimum atomic E-state index is -4.04. The summed E-state index contributed by atoms with van der Waals surface area (Å²) in [7, 11) is -2.61. The molecule has 2 N–H and O–H groups in total. The van der Waals surface area contributed by atoms with Gasteiger partial charge < -0.3 is 19.6 Å². The topological polar surface area (TPSA) is 109 Å². The molecule has 2 atom stereocenters. The Kier molecular flexibility index (Phi) is 6.92. The van der Waals surface area contributed by atoms with E-state index in [0.29, 0.717) is 29.3 Å². The molecule has 2 aromatic carbocycles. The van der Waals surface area contributed by atoms with Gasteiger partial charge in [-0.15, -0.1) is 0 Å². The second-order valence-corrected chi connectivity index (χ2v) is 10.1. The van der Waals surface area contributed by atoms with Gasteiger partial charge in [0.2, 0.25) is 10.0 Å². The number of alkyl halides is 1. The Hall–Kier alpha value is -2.95. The van der Waals surface area contributed by atoms with Crippen LogP contribution < -0.4 is 4.74 Å². The smallest absolute Gasteiger partial charge is 0.335 e. The van der Waals surface area contributed by atoms with Crippen molar-refractivity contribution in [2.45, 2.75) is 36.8 Å². The number of hydrogen-bond donors (Lipinski definition) is 2. The van der Waals surface area contributed by atoms with Gasteiger partial charge in [0.25, 0.3) is 0 Å². The number of carboxylic acid groups (broad SMARTS) is 1. The lowest BCUT2D eigenvalue weighted by molar-refractivity contribution is -0.00131. The zero-order valence-corrected chi connectivity index (χ0v) is 19.8. The maximum absolute atomic E-state index is 14.1. The molecule has 0 spiro atoms. The van der Waals surface area contributed by atoms with Crippen molar-refractivity contribution in [1.82, 2.24) is 9.29 Å². The molecule has 8 nitrogen and oxygen atoms in total. The van der Waals surface area contributed by atoms with E-state index in [-0.39, 0.29) is 35.5 Å². The number of aryl methyl sites for hydroxylation is 1. The Morgan fingerprint density at radius 1 is 1.26 bits per heavy atom. The monoisotopic (exact) mass is 490 g/mol. The van der Waals surface area contributed by atoms with Crippen LogP contribution in [0.3, 0.4) is 0 Å². The quantitative estimate of drug-likeness (QED) is 0.493. The van der Waals surface area contributed by atoms with Crippen molar-refractivity contribution in [3.05, 3.63) is 59.3 Å². The summed E-state index contributed by atoms with van der Waals surface area (Å²) in [6.07, 6.45) is 2.09. The molecule has 2 heterocycles. The summed E-state index contributed by atoms with van der Waals surface area (Å²) in [5, 5.41) is 9.77. The summed E-state index contributed by atoms with van der Waals surface area (Å²) in [5.74, 6) is -0.816. The molecule has 1 aliphatic rings. The van der Waals surface area contributed by atoms with Crippen LogP contribution in [0.4, 0.5) is 4.39 Å². The fraction of sp³-hybridized carbons (Fsp3) is 0.375. The van der Waals surface area contributed by atoms with Crippen molar-refractivity contribution in [3.8, 4) is 5.75 Å². The average Bonchev–Trinajstić information content (AvgIpc) is 3.32. The van der Waals surface area contributed by atoms with Crippen LogP contribution in [0, 0.1) is 6.92 Å². The summed E-state index contributed by atoms with van der Waals surface area (Å²) in [5.41, 5.74) is 2.31. The van der Waals surface area contributed by atoms with Gasteiger partial charge in [-0.25, -0.2) is 17.6 Å². The number of nitrogens with one attached hydrogen (secondary N) is 1. The Bertz CT molecular complexity index is 1290. The summed E-state index contributed by atoms with van der Waals surface area (Å²) in [4.78, 5) is 14.5. The summed E-state index contributed by atoms with van der Waals surface area (Å²) in [6.45, 7) is 1.35. The molecule has 0 unspecified atom stereocenters. The van der Waals surface area contributed by atoms with Gasteiger partial charge in [-0.2, -0.15) is 4.31 Å². The molecule has 0 amide bonds. The van der Waals surface area contributed by atoms with E-state index in [0.717, 1.165) is 5.56 Å². The molecule has 1 aromatic heterocycles. The minimum Gasteiger partial charge on any atom is -0.495 e. The number of nitrogens with zero attached hydrogens (tertiary/aromatic N) is 1. The lowest BCUT2D eigenvalue weighted by Gasteiger charge is -2.39. The lowest BCUT2D eigenvalue weighted by Crippen LogP contribution is -2.43. The number of halogens is 1. The first-order valence-corrected chi connectivity index (χ1v) is 12.4. The van der Waals surface area contributed by atoms with E-state index >= 15 is 0 Å². The predicted octanol–water partition coefficient (Wildman–Crippen LogP) is 4.06. The van der Waals surface area contributed by atoms with Gasteiger partial charge >= 0.3 is 5.97 Å². The van der Waals surface area contributed by atoms with Crippen molar-refractivity contribution in [2.75, 3.05) is 26.9 Å². The van der Waals surface area contributed by atoms with Crippen LogP contribution in [0.2, 0.25) is 0 Å². The number of aromatic amines is 1. The van der Waals surface area contributed by atoms with E-state index in [1.165, 1.54) is 23.5 Å². The number of carboxylic acids is 1. The van der Waals surface area contributed by atoms with Crippen LogP contribution in [0.1, 0.15) is 40.4 Å². The molecule has 0 aliphatic carbocycles. The van der Waals surface area contributed by atoms with Gasteiger partial charge in [0.15, 0.2) is 0 Å². The van der Waals surface area contributed by atoms with Gasteiger partial charge in [-0.1, -0.05) is 12.1 Å². The SMILES string of the molecule is COc1cc(C)c2[nH]ccc2c1S(=O)(=O)N1CC[C@@H](OCCF)C[C@H]1c1ccc(C(=O)O)cc1. The number of benzene rings is 2. The second-order valence-electron chi connectivity index (χ2n) is 8.26. The number of H-pyrrole nitrogens is 1. The van der Waals surface area contributed by atoms with Gasteiger partial charge in [0.1, 0.15) is 17.3 Å². The summed E-state index contributed by atoms with van der Waals surface area (Å²) in [6, 6.07) is 8.92. The third-order valence-corrected chi connectivity index (χ3v) is 8.21. The molecule has 182 valence electrons. The largest absolute Gasteiger partial charge is 0.495 e. The average molecular weight is 491 g/mol. The van der Waals surface area contributed by atoms with E-state index in [1.54, 1.807) is 30.5 Å². The zero-order valence-electron chi connectivity index (χ0n) is 19.0. The maximum atomic E-state index is 14.1. The molecule has 1 aliphatic heterocycles. The van der Waals surface area contributed by atoms with Crippen LogP contribution >= 0.6 is 0 Å². The number of fused-ring (bicyclic) bond motifs is 1. The number of rotatable bonds is 8. The van der Waals surface area contributed by atoms with Gasteiger partial charge in [0, 0.05) is 23.6 Å². The highest BCUT2D eigenvalue weighted by Gasteiger charge is 2.40. The first-order chi connectivity index (χ1) is 16.3. The second kappa shape index (κ2) is 9.73. The van der Waals surface area contributed by atoms with Crippen LogP contribution in [0.15, 0.2) is 47.5 Å². The highest BCUT2D eigenvalue weighted by atomic mass is 32.2. The van der Waals surface area contributed by atoms with Crippen LogP contribution in [0.25, 0.3) is 10.9 Å². The van der Waals surface area contributed by atoms with E-state index in [4.69, 9.17) is 9.47 Å². The fourth-order valence-corrected chi connectivity index (χ4v) is 6.57. The van der Waals surface area contributed by atoms with Crippen molar-refractivity contribution in [1.29, 1.82) is 0 Å². The molecule has 4 rings (SSSR count). The van der Waals surface area contributed by atoms with E-state index < -0.39 is 28.7 Å². The molecule has 0 saturated carbocycles. The minimum absolute atomic E-state index is 0.0577. The first kappa shape index (κ1) is 24.2. The molecule has 34 heavy (non-hydrogen) atoms.